The Kier molecular flexibility index (Phi) is 8.36. The third-order valence-corrected chi connectivity index (χ3v) is 11.9. The lowest BCUT2D eigenvalue weighted by Crippen LogP contribution is -2.14. The van der Waals surface area contributed by atoms with E-state index in [9.17, 15) is 0 Å². The molecule has 0 saturated carbocycles. The Labute approximate surface area is 337 Å². The molecular weight excluding hydrogens is 703 g/mol. The van der Waals surface area contributed by atoms with Gasteiger partial charge in [0.05, 0.1) is 17.6 Å². The second-order valence-corrected chi connectivity index (χ2v) is 15.2. The fraction of sp³-hybridized carbons (Fsp3) is 0.0545. The monoisotopic (exact) mass is 741 g/mol. The maximum atomic E-state index is 5.19. The number of hydrogen-bond acceptors (Lipinski definition) is 1. The van der Waals surface area contributed by atoms with Crippen LogP contribution in [-0.2, 0) is 13.0 Å². The van der Waals surface area contributed by atoms with Crippen molar-refractivity contribution in [2.75, 3.05) is 0 Å². The number of hydrogen-bond donors (Lipinski definition) is 0. The SMILES string of the molecule is C(=N\C(=N/Cc1ccccc1)c1cccc2c(C3Cc4ccc5ccccc5c4-c4ccc5c(c43)c3ccccc3n5-c3ccccc3)cccc12)/c1ccccc1. The van der Waals surface area contributed by atoms with Crippen molar-refractivity contribution in [1.29, 1.82) is 0 Å². The number of benzene rings is 9. The van der Waals surface area contributed by atoms with Gasteiger partial charge in [-0.3, -0.25) is 4.99 Å². The summed E-state index contributed by atoms with van der Waals surface area (Å²) in [5.41, 5.74) is 13.6. The van der Waals surface area contributed by atoms with Crippen LogP contribution in [-0.4, -0.2) is 16.6 Å². The fourth-order valence-electron chi connectivity index (χ4n) is 9.37. The molecule has 0 N–H and O–H groups in total. The zero-order valence-corrected chi connectivity index (χ0v) is 32.0. The normalized spacial score (nSPS) is 14.1. The third-order valence-electron chi connectivity index (χ3n) is 11.9. The highest BCUT2D eigenvalue weighted by Gasteiger charge is 2.32. The Morgan fingerprint density at radius 1 is 0.552 bits per heavy atom. The first-order valence-corrected chi connectivity index (χ1v) is 20.1. The summed E-state index contributed by atoms with van der Waals surface area (Å²) in [7, 11) is 0. The van der Waals surface area contributed by atoms with E-state index in [-0.39, 0.29) is 5.92 Å². The van der Waals surface area contributed by atoms with Crippen LogP contribution in [0.5, 0.6) is 0 Å². The maximum Gasteiger partial charge on any atom is 0.155 e. The van der Waals surface area contributed by atoms with Gasteiger partial charge < -0.3 is 4.57 Å². The number of nitrogens with zero attached hydrogens (tertiary/aromatic N) is 3. The minimum absolute atomic E-state index is 0.0962. The van der Waals surface area contributed by atoms with E-state index in [0.29, 0.717) is 6.54 Å². The molecule has 1 atom stereocenters. The van der Waals surface area contributed by atoms with Gasteiger partial charge in [0.2, 0.25) is 0 Å². The molecule has 1 aliphatic rings. The summed E-state index contributed by atoms with van der Waals surface area (Å²) in [5, 5.41) is 7.56. The highest BCUT2D eigenvalue weighted by molar-refractivity contribution is 6.16. The molecule has 0 fully saturated rings. The Hall–Kier alpha value is -7.36. The second-order valence-electron chi connectivity index (χ2n) is 15.2. The number of amidine groups is 1. The summed E-state index contributed by atoms with van der Waals surface area (Å²) in [5.74, 6) is 0.823. The first kappa shape index (κ1) is 33.9. The lowest BCUT2D eigenvalue weighted by Gasteiger charge is -2.31. The van der Waals surface area contributed by atoms with Crippen molar-refractivity contribution >= 4 is 55.4 Å². The van der Waals surface area contributed by atoms with Gasteiger partial charge >= 0.3 is 0 Å². The summed E-state index contributed by atoms with van der Waals surface area (Å²) in [6.07, 6.45) is 2.83. The van der Waals surface area contributed by atoms with Crippen molar-refractivity contribution in [3.05, 3.63) is 234 Å². The predicted octanol–water partition coefficient (Wildman–Crippen LogP) is 13.5. The van der Waals surface area contributed by atoms with E-state index in [2.05, 4.69) is 180 Å². The minimum atomic E-state index is 0.0962. The first-order valence-electron chi connectivity index (χ1n) is 20.1. The van der Waals surface area contributed by atoms with Gasteiger partial charge in [0, 0.05) is 34.2 Å². The predicted molar refractivity (Wildman–Crippen MR) is 244 cm³/mol. The molecular formula is C55H39N3. The molecule has 0 radical (unpaired) electrons. The Morgan fingerprint density at radius 2 is 1.24 bits per heavy atom. The van der Waals surface area contributed by atoms with E-state index < -0.39 is 0 Å². The molecule has 1 aromatic heterocycles. The number of aromatic nitrogens is 1. The molecule has 58 heavy (non-hydrogen) atoms. The van der Waals surface area contributed by atoms with Crippen LogP contribution in [0.4, 0.5) is 0 Å². The van der Waals surface area contributed by atoms with Crippen molar-refractivity contribution in [1.82, 2.24) is 4.57 Å². The summed E-state index contributed by atoms with van der Waals surface area (Å²) < 4.78 is 2.45. The second kappa shape index (κ2) is 14.3. The van der Waals surface area contributed by atoms with E-state index in [1.165, 1.54) is 71.5 Å². The molecule has 3 heteroatoms. The molecule has 1 unspecified atom stereocenters. The van der Waals surface area contributed by atoms with Gasteiger partial charge in [0.25, 0.3) is 0 Å². The largest absolute Gasteiger partial charge is 0.309 e. The molecule has 0 amide bonds. The van der Waals surface area contributed by atoms with Crippen molar-refractivity contribution in [3.63, 3.8) is 0 Å². The van der Waals surface area contributed by atoms with Gasteiger partial charge in [-0.25, -0.2) is 4.99 Å². The molecule has 0 spiro atoms. The van der Waals surface area contributed by atoms with Gasteiger partial charge in [-0.2, -0.15) is 0 Å². The topological polar surface area (TPSA) is 29.6 Å². The summed E-state index contributed by atoms with van der Waals surface area (Å²) in [6, 6.07) is 72.2. The van der Waals surface area contributed by atoms with Crippen LogP contribution in [0.15, 0.2) is 210 Å². The molecule has 10 aromatic rings. The van der Waals surface area contributed by atoms with E-state index in [0.717, 1.165) is 34.3 Å². The first-order chi connectivity index (χ1) is 28.8. The summed E-state index contributed by atoms with van der Waals surface area (Å²) in [6.45, 7) is 0.544. The van der Waals surface area contributed by atoms with Gasteiger partial charge in [-0.05, 0) is 91.2 Å². The highest BCUT2D eigenvalue weighted by atomic mass is 15.0. The lowest BCUT2D eigenvalue weighted by atomic mass is 9.72. The van der Waals surface area contributed by atoms with E-state index in [4.69, 9.17) is 9.98 Å². The van der Waals surface area contributed by atoms with Gasteiger partial charge in [0.15, 0.2) is 5.84 Å². The smallest absolute Gasteiger partial charge is 0.155 e. The minimum Gasteiger partial charge on any atom is -0.309 e. The average molecular weight is 742 g/mol. The zero-order valence-electron chi connectivity index (χ0n) is 32.0. The van der Waals surface area contributed by atoms with Crippen LogP contribution in [0, 0.1) is 0 Å². The van der Waals surface area contributed by atoms with Crippen LogP contribution in [0.25, 0.3) is 60.2 Å². The third kappa shape index (κ3) is 5.74. The summed E-state index contributed by atoms with van der Waals surface area (Å²) in [4.78, 5) is 10.3. The van der Waals surface area contributed by atoms with Crippen LogP contribution in [0.1, 0.15) is 39.3 Å². The van der Waals surface area contributed by atoms with Gasteiger partial charge in [-0.1, -0.05) is 176 Å². The van der Waals surface area contributed by atoms with Crippen LogP contribution < -0.4 is 0 Å². The van der Waals surface area contributed by atoms with Gasteiger partial charge in [-0.15, -0.1) is 0 Å². The number of aliphatic imine (C=N–C) groups is 2. The Balaban J connectivity index is 1.16. The lowest BCUT2D eigenvalue weighted by molar-refractivity contribution is 0.809. The van der Waals surface area contributed by atoms with Crippen molar-refractivity contribution in [2.24, 2.45) is 9.98 Å². The van der Waals surface area contributed by atoms with E-state index in [1.54, 1.807) is 0 Å². The maximum absolute atomic E-state index is 5.19. The van der Waals surface area contributed by atoms with Crippen LogP contribution in [0.2, 0.25) is 0 Å². The molecule has 274 valence electrons. The molecule has 1 heterocycles. The molecule has 1 aliphatic carbocycles. The van der Waals surface area contributed by atoms with E-state index in [1.807, 2.05) is 30.5 Å². The Bertz CT molecular complexity index is 3210. The molecule has 3 nitrogen and oxygen atoms in total. The average Bonchev–Trinajstić information content (AvgIpc) is 3.64. The van der Waals surface area contributed by atoms with Gasteiger partial charge in [0.1, 0.15) is 0 Å². The van der Waals surface area contributed by atoms with Crippen molar-refractivity contribution in [2.45, 2.75) is 18.9 Å². The van der Waals surface area contributed by atoms with Crippen LogP contribution in [0.3, 0.4) is 0 Å². The molecule has 0 bridgehead atoms. The van der Waals surface area contributed by atoms with E-state index >= 15 is 0 Å². The standard InChI is InChI=1S/C55H39N3/c1-4-16-37(17-5-1)35-56-55(57-36-38-18-6-2-7-19-38)46-28-15-25-43-44(46)26-14-27-45(43)49-34-40-31-30-39-20-10-11-23-42(39)52(40)48-32-33-51-54(53(48)49)47-24-12-13-29-50(47)58(51)41-21-8-3-9-22-41/h1-33,35,49H,34,36H2/b56-35+,57-55-. The zero-order chi connectivity index (χ0) is 38.4. The molecule has 11 rings (SSSR count). The Morgan fingerprint density at radius 3 is 2.09 bits per heavy atom. The highest BCUT2D eigenvalue weighted by Crippen LogP contribution is 2.51. The fourth-order valence-corrected chi connectivity index (χ4v) is 9.37. The quantitative estimate of drug-likeness (QED) is 0.120. The number of fused-ring (bicyclic) bond motifs is 10. The van der Waals surface area contributed by atoms with Crippen molar-refractivity contribution in [3.8, 4) is 16.8 Å². The van der Waals surface area contributed by atoms with Crippen LogP contribution >= 0.6 is 0 Å². The molecule has 0 saturated heterocycles. The molecule has 0 aliphatic heterocycles. The number of para-hydroxylation sites is 2. The van der Waals surface area contributed by atoms with Crippen molar-refractivity contribution < 1.29 is 0 Å². The number of rotatable bonds is 6. The summed E-state index contributed by atoms with van der Waals surface area (Å²) >= 11 is 0. The molecule has 9 aromatic carbocycles.